The summed E-state index contributed by atoms with van der Waals surface area (Å²) in [5, 5.41) is 2.11. The molecule has 3 rings (SSSR count). The molecule has 2 aromatic rings. The van der Waals surface area contributed by atoms with Crippen LogP contribution in [-0.4, -0.2) is 29.0 Å². The molecule has 0 fully saturated rings. The molecule has 0 radical (unpaired) electrons. The van der Waals surface area contributed by atoms with Crippen molar-refractivity contribution in [3.63, 3.8) is 0 Å². The number of hydrogen-bond acceptors (Lipinski definition) is 6. The van der Waals surface area contributed by atoms with Gasteiger partial charge in [0.15, 0.2) is 0 Å². The van der Waals surface area contributed by atoms with Crippen LogP contribution in [0.4, 0.5) is 5.82 Å². The van der Waals surface area contributed by atoms with Gasteiger partial charge in [0.25, 0.3) is 17.4 Å². The van der Waals surface area contributed by atoms with E-state index in [1.54, 1.807) is 0 Å². The fraction of sp³-hybridized carbons (Fsp3) is 0.263. The summed E-state index contributed by atoms with van der Waals surface area (Å²) in [5.74, 6) is -1.87. The number of hydrogen-bond donors (Lipinski definition) is 2. The Morgan fingerprint density at radius 3 is 2.48 bits per heavy atom. The molecule has 8 nitrogen and oxygen atoms in total. The first-order valence-corrected chi connectivity index (χ1v) is 8.62. The number of benzene rings is 1. The molecule has 0 saturated carbocycles. The predicted molar refractivity (Wildman–Crippen MR) is 98.1 cm³/mol. The number of unbranched alkanes of at least 4 members (excludes halogenated alkanes) is 2. The zero-order chi connectivity index (χ0) is 19.6. The van der Waals surface area contributed by atoms with Crippen LogP contribution < -0.4 is 16.6 Å². The Hall–Kier alpha value is -3.42. The van der Waals surface area contributed by atoms with Crippen molar-refractivity contribution in [1.29, 1.82) is 0 Å². The monoisotopic (exact) mass is 369 g/mol. The third-order valence-corrected chi connectivity index (χ3v) is 4.30. The number of ether oxygens (including phenoxy) is 1. The maximum atomic E-state index is 12.4. The summed E-state index contributed by atoms with van der Waals surface area (Å²) in [4.78, 5) is 48.0. The number of nitrogens with zero attached hydrogens (tertiary/aromatic N) is 1. The molecule has 0 bridgehead atoms. The van der Waals surface area contributed by atoms with Crippen LogP contribution in [0.25, 0.3) is 5.69 Å². The Morgan fingerprint density at radius 1 is 1.11 bits per heavy atom. The van der Waals surface area contributed by atoms with Gasteiger partial charge in [-0.25, -0.2) is 4.79 Å². The third kappa shape index (κ3) is 3.46. The summed E-state index contributed by atoms with van der Waals surface area (Å²) in [6.45, 7) is 2.42. The number of fused-ring (bicyclic) bond motifs is 1. The Bertz CT molecular complexity index is 976. The summed E-state index contributed by atoms with van der Waals surface area (Å²) < 4.78 is 6.31. The minimum atomic E-state index is -0.646. The molecule has 1 aliphatic heterocycles. The topological polar surface area (TPSA) is 120 Å². The van der Waals surface area contributed by atoms with E-state index in [1.165, 1.54) is 24.3 Å². The van der Waals surface area contributed by atoms with E-state index in [0.717, 1.165) is 29.9 Å². The molecule has 0 atom stereocenters. The van der Waals surface area contributed by atoms with Crippen molar-refractivity contribution < 1.29 is 19.1 Å². The number of rotatable bonds is 6. The molecule has 1 aromatic carbocycles. The lowest BCUT2D eigenvalue weighted by Crippen LogP contribution is -2.24. The van der Waals surface area contributed by atoms with E-state index in [0.29, 0.717) is 17.9 Å². The Labute approximate surface area is 154 Å². The maximum Gasteiger partial charge on any atom is 0.338 e. The van der Waals surface area contributed by atoms with Crippen molar-refractivity contribution in [3.05, 3.63) is 57.4 Å². The van der Waals surface area contributed by atoms with Gasteiger partial charge in [-0.3, -0.25) is 24.3 Å². The molecule has 1 aliphatic rings. The Kier molecular flexibility index (Phi) is 5.07. The van der Waals surface area contributed by atoms with Gasteiger partial charge in [-0.2, -0.15) is 0 Å². The van der Waals surface area contributed by atoms with E-state index in [2.05, 4.69) is 12.2 Å². The second-order valence-electron chi connectivity index (χ2n) is 6.17. The van der Waals surface area contributed by atoms with Gasteiger partial charge in [0.2, 0.25) is 0 Å². The second-order valence-corrected chi connectivity index (χ2v) is 6.17. The Morgan fingerprint density at radius 2 is 1.81 bits per heavy atom. The highest BCUT2D eigenvalue weighted by Gasteiger charge is 2.31. The molecule has 0 spiro atoms. The molecular formula is C19H19N3O5. The summed E-state index contributed by atoms with van der Waals surface area (Å²) in [7, 11) is 0. The number of carbonyl (C=O) groups excluding carboxylic acids is 3. The zero-order valence-electron chi connectivity index (χ0n) is 14.8. The van der Waals surface area contributed by atoms with E-state index in [9.17, 15) is 19.2 Å². The van der Waals surface area contributed by atoms with Crippen LogP contribution in [0.1, 0.15) is 57.3 Å². The lowest BCUT2D eigenvalue weighted by Gasteiger charge is -2.12. The van der Waals surface area contributed by atoms with Crippen LogP contribution >= 0.6 is 0 Å². The van der Waals surface area contributed by atoms with Crippen molar-refractivity contribution in [2.75, 3.05) is 12.3 Å². The smallest absolute Gasteiger partial charge is 0.338 e. The van der Waals surface area contributed by atoms with Gasteiger partial charge in [0.1, 0.15) is 5.82 Å². The molecule has 0 saturated heterocycles. The van der Waals surface area contributed by atoms with E-state index in [1.807, 2.05) is 0 Å². The highest BCUT2D eigenvalue weighted by molar-refractivity contribution is 6.23. The third-order valence-electron chi connectivity index (χ3n) is 4.30. The minimum absolute atomic E-state index is 0.0287. The zero-order valence-corrected chi connectivity index (χ0v) is 14.8. The molecule has 2 heterocycles. The number of anilines is 1. The average molecular weight is 369 g/mol. The van der Waals surface area contributed by atoms with Gasteiger partial charge < -0.3 is 10.5 Å². The van der Waals surface area contributed by atoms with E-state index in [-0.39, 0.29) is 16.9 Å². The summed E-state index contributed by atoms with van der Waals surface area (Å²) >= 11 is 0. The molecule has 1 aromatic heterocycles. The standard InChI is InChI=1S/C19H19N3O5/c1-2-3-4-9-27-19(26)11-5-7-12(8-6-11)22-14(23)10-13-15(16(22)20)18(25)21-17(13)24/h5-8,10H,2-4,9,20H2,1H3,(H,21,24,25). The normalized spacial score (nSPS) is 12.6. The maximum absolute atomic E-state index is 12.4. The molecule has 3 N–H and O–H groups in total. The lowest BCUT2D eigenvalue weighted by molar-refractivity contribution is 0.0498. The van der Waals surface area contributed by atoms with Crippen LogP contribution in [0.5, 0.6) is 0 Å². The molecule has 140 valence electrons. The molecule has 2 amide bonds. The van der Waals surface area contributed by atoms with E-state index in [4.69, 9.17) is 10.5 Å². The summed E-state index contributed by atoms with van der Waals surface area (Å²) in [5.41, 5.74) is 6.07. The highest BCUT2D eigenvalue weighted by atomic mass is 16.5. The van der Waals surface area contributed by atoms with Crippen LogP contribution in [-0.2, 0) is 4.74 Å². The van der Waals surface area contributed by atoms with E-state index >= 15 is 0 Å². The number of esters is 1. The largest absolute Gasteiger partial charge is 0.462 e. The van der Waals surface area contributed by atoms with Crippen molar-refractivity contribution in [1.82, 2.24) is 9.88 Å². The van der Waals surface area contributed by atoms with Crippen molar-refractivity contribution in [2.24, 2.45) is 0 Å². The van der Waals surface area contributed by atoms with Gasteiger partial charge in [0, 0.05) is 6.07 Å². The van der Waals surface area contributed by atoms with Gasteiger partial charge in [0.05, 0.1) is 29.0 Å². The second kappa shape index (κ2) is 7.45. The molecule has 0 unspecified atom stereocenters. The molecule has 27 heavy (non-hydrogen) atoms. The number of imide groups is 1. The number of pyridine rings is 1. The van der Waals surface area contributed by atoms with Crippen LogP contribution in [0, 0.1) is 0 Å². The first-order valence-electron chi connectivity index (χ1n) is 8.62. The van der Waals surface area contributed by atoms with E-state index < -0.39 is 23.3 Å². The minimum Gasteiger partial charge on any atom is -0.462 e. The average Bonchev–Trinajstić information content (AvgIpc) is 2.93. The molecular weight excluding hydrogens is 350 g/mol. The lowest BCUT2D eigenvalue weighted by atomic mass is 10.1. The fourth-order valence-corrected chi connectivity index (χ4v) is 2.89. The summed E-state index contributed by atoms with van der Waals surface area (Å²) in [6, 6.07) is 7.16. The SMILES string of the molecule is CCCCCOC(=O)c1ccc(-n2c(N)c3c(cc2=O)C(=O)NC3=O)cc1. The number of carbonyl (C=O) groups is 3. The fourth-order valence-electron chi connectivity index (χ4n) is 2.89. The summed E-state index contributed by atoms with van der Waals surface area (Å²) in [6.07, 6.45) is 2.83. The first kappa shape index (κ1) is 18.4. The highest BCUT2D eigenvalue weighted by Crippen LogP contribution is 2.23. The quantitative estimate of drug-likeness (QED) is 0.454. The van der Waals surface area contributed by atoms with Gasteiger partial charge >= 0.3 is 5.97 Å². The van der Waals surface area contributed by atoms with Crippen LogP contribution in [0.15, 0.2) is 35.1 Å². The van der Waals surface area contributed by atoms with Gasteiger partial charge in [-0.15, -0.1) is 0 Å². The first-order chi connectivity index (χ1) is 12.9. The van der Waals surface area contributed by atoms with Gasteiger partial charge in [-0.1, -0.05) is 19.8 Å². The number of aromatic nitrogens is 1. The van der Waals surface area contributed by atoms with Gasteiger partial charge in [-0.05, 0) is 30.7 Å². The van der Waals surface area contributed by atoms with Crippen molar-refractivity contribution >= 4 is 23.6 Å². The number of amides is 2. The molecule has 0 aliphatic carbocycles. The number of nitrogens with one attached hydrogen (secondary N) is 1. The van der Waals surface area contributed by atoms with Crippen molar-refractivity contribution in [3.8, 4) is 5.69 Å². The Balaban J connectivity index is 1.87. The number of nitrogens with two attached hydrogens (primary N) is 1. The van der Waals surface area contributed by atoms with Crippen molar-refractivity contribution in [2.45, 2.75) is 26.2 Å². The number of nitrogen functional groups attached to an aromatic ring is 1. The molecule has 8 heteroatoms. The van der Waals surface area contributed by atoms with Crippen LogP contribution in [0.2, 0.25) is 0 Å². The van der Waals surface area contributed by atoms with Crippen LogP contribution in [0.3, 0.4) is 0 Å². The predicted octanol–water partition coefficient (Wildman–Crippen LogP) is 1.65.